The van der Waals surface area contributed by atoms with E-state index in [0.29, 0.717) is 13.1 Å². The summed E-state index contributed by atoms with van der Waals surface area (Å²) in [6, 6.07) is 10.6. The summed E-state index contributed by atoms with van der Waals surface area (Å²) >= 11 is 0. The summed E-state index contributed by atoms with van der Waals surface area (Å²) < 4.78 is 0. The van der Waals surface area contributed by atoms with Crippen LogP contribution in [0.2, 0.25) is 0 Å². The second kappa shape index (κ2) is 8.70. The van der Waals surface area contributed by atoms with E-state index in [1.54, 1.807) is 0 Å². The molecule has 1 aromatic rings. The van der Waals surface area contributed by atoms with Gasteiger partial charge in [0.25, 0.3) is 0 Å². The van der Waals surface area contributed by atoms with Crippen LogP contribution < -0.4 is 0 Å². The number of nitriles is 1. The first-order valence-corrected chi connectivity index (χ1v) is 8.90. The van der Waals surface area contributed by atoms with Crippen molar-refractivity contribution in [2.24, 2.45) is 0 Å². The van der Waals surface area contributed by atoms with Gasteiger partial charge in [-0.15, -0.1) is 0 Å². The number of hydrogen-bond donors (Lipinski definition) is 0. The van der Waals surface area contributed by atoms with Crippen LogP contribution in [0.4, 0.5) is 4.79 Å². The maximum absolute atomic E-state index is 12.4. The number of carbonyl (C=O) groups is 1. The first-order chi connectivity index (χ1) is 11.6. The lowest BCUT2D eigenvalue weighted by molar-refractivity contribution is 0.104. The van der Waals surface area contributed by atoms with Crippen molar-refractivity contribution < 1.29 is 4.79 Å². The molecule has 0 N–H and O–H groups in total. The molecule has 0 bridgehead atoms. The molecular weight excluding hydrogens is 300 g/mol. The number of piperazine rings is 1. The van der Waals surface area contributed by atoms with Crippen molar-refractivity contribution in [3.05, 3.63) is 35.4 Å². The maximum Gasteiger partial charge on any atom is 0.320 e. The average molecular weight is 328 g/mol. The molecule has 0 aromatic heterocycles. The van der Waals surface area contributed by atoms with Crippen LogP contribution in [0.3, 0.4) is 0 Å². The predicted molar refractivity (Wildman–Crippen MR) is 95.6 cm³/mol. The second-order valence-electron chi connectivity index (χ2n) is 6.10. The molecule has 1 unspecified atom stereocenters. The van der Waals surface area contributed by atoms with Crippen molar-refractivity contribution >= 4 is 6.03 Å². The van der Waals surface area contributed by atoms with Crippen LogP contribution in [-0.2, 0) is 6.42 Å². The lowest BCUT2D eigenvalue weighted by Crippen LogP contribution is -2.53. The molecule has 130 valence electrons. The molecular formula is C19H28N4O. The molecule has 1 aliphatic heterocycles. The number of hydrogen-bond acceptors (Lipinski definition) is 3. The number of urea groups is 1. The van der Waals surface area contributed by atoms with E-state index in [9.17, 15) is 10.1 Å². The van der Waals surface area contributed by atoms with Gasteiger partial charge < -0.3 is 9.80 Å². The minimum Gasteiger partial charge on any atom is -0.325 e. The van der Waals surface area contributed by atoms with Crippen molar-refractivity contribution in [1.29, 1.82) is 5.26 Å². The molecule has 24 heavy (non-hydrogen) atoms. The van der Waals surface area contributed by atoms with E-state index in [1.807, 2.05) is 23.6 Å². The van der Waals surface area contributed by atoms with Crippen LogP contribution in [0.25, 0.3) is 0 Å². The first-order valence-electron chi connectivity index (χ1n) is 8.90. The van der Waals surface area contributed by atoms with Crippen molar-refractivity contribution in [3.63, 3.8) is 0 Å². The van der Waals surface area contributed by atoms with Crippen molar-refractivity contribution in [3.8, 4) is 6.07 Å². The number of rotatable bonds is 5. The van der Waals surface area contributed by atoms with Gasteiger partial charge in [0.2, 0.25) is 0 Å². The van der Waals surface area contributed by atoms with Crippen molar-refractivity contribution in [1.82, 2.24) is 14.7 Å². The Labute approximate surface area is 145 Å². The SMILES string of the molecule is CCc1ccc(C(C#N)N2CCN(C(=O)N(CC)CC)CC2)cc1. The summed E-state index contributed by atoms with van der Waals surface area (Å²) in [5, 5.41) is 9.62. The van der Waals surface area contributed by atoms with E-state index < -0.39 is 0 Å². The van der Waals surface area contributed by atoms with E-state index in [-0.39, 0.29) is 12.1 Å². The monoisotopic (exact) mass is 328 g/mol. The number of aryl methyl sites for hydroxylation is 1. The molecule has 0 aliphatic carbocycles. The minimum atomic E-state index is -0.235. The molecule has 1 atom stereocenters. The van der Waals surface area contributed by atoms with Gasteiger partial charge in [-0.05, 0) is 31.4 Å². The summed E-state index contributed by atoms with van der Waals surface area (Å²) in [4.78, 5) is 18.3. The van der Waals surface area contributed by atoms with Gasteiger partial charge in [0.15, 0.2) is 0 Å². The largest absolute Gasteiger partial charge is 0.325 e. The van der Waals surface area contributed by atoms with Gasteiger partial charge in [0.05, 0.1) is 6.07 Å². The Morgan fingerprint density at radius 1 is 1.12 bits per heavy atom. The van der Waals surface area contributed by atoms with Crippen LogP contribution in [0.1, 0.15) is 37.9 Å². The van der Waals surface area contributed by atoms with Crippen LogP contribution in [0, 0.1) is 11.3 Å². The third kappa shape index (κ3) is 4.07. The van der Waals surface area contributed by atoms with Gasteiger partial charge in [0.1, 0.15) is 6.04 Å². The van der Waals surface area contributed by atoms with E-state index in [0.717, 1.165) is 38.2 Å². The van der Waals surface area contributed by atoms with Gasteiger partial charge in [-0.3, -0.25) is 4.90 Å². The highest BCUT2D eigenvalue weighted by Gasteiger charge is 2.28. The average Bonchev–Trinajstić information content (AvgIpc) is 2.64. The summed E-state index contributed by atoms with van der Waals surface area (Å²) in [6.07, 6.45) is 1.00. The smallest absolute Gasteiger partial charge is 0.320 e. The Kier molecular flexibility index (Phi) is 6.62. The molecule has 5 heteroatoms. The molecule has 0 saturated carbocycles. The fourth-order valence-electron chi connectivity index (χ4n) is 3.17. The molecule has 5 nitrogen and oxygen atoms in total. The molecule has 1 fully saturated rings. The van der Waals surface area contributed by atoms with E-state index >= 15 is 0 Å². The number of benzene rings is 1. The molecule has 1 saturated heterocycles. The quantitative estimate of drug-likeness (QED) is 0.835. The third-order valence-electron chi connectivity index (χ3n) is 4.81. The number of nitrogens with zero attached hydrogens (tertiary/aromatic N) is 4. The van der Waals surface area contributed by atoms with E-state index in [2.05, 4.69) is 42.2 Å². The zero-order chi connectivity index (χ0) is 17.5. The van der Waals surface area contributed by atoms with Gasteiger partial charge in [-0.2, -0.15) is 5.26 Å². The third-order valence-corrected chi connectivity index (χ3v) is 4.81. The van der Waals surface area contributed by atoms with E-state index in [4.69, 9.17) is 0 Å². The lowest BCUT2D eigenvalue weighted by Gasteiger charge is -2.38. The standard InChI is InChI=1S/C19H28N4O/c1-4-16-7-9-17(10-8-16)18(15-20)22-11-13-23(14-12-22)19(24)21(5-2)6-3/h7-10,18H,4-6,11-14H2,1-3H3. The Bertz CT molecular complexity index is 566. The van der Waals surface area contributed by atoms with Crippen molar-refractivity contribution in [2.75, 3.05) is 39.3 Å². The molecule has 0 spiro atoms. The Balaban J connectivity index is 1.99. The molecule has 1 aromatic carbocycles. The topological polar surface area (TPSA) is 50.6 Å². The predicted octanol–water partition coefficient (Wildman–Crippen LogP) is 2.89. The van der Waals surface area contributed by atoms with Crippen LogP contribution in [0.15, 0.2) is 24.3 Å². The molecule has 2 rings (SSSR count). The van der Waals surface area contributed by atoms with Gasteiger partial charge in [0, 0.05) is 39.3 Å². The first kappa shape index (κ1) is 18.3. The Hall–Kier alpha value is -2.06. The van der Waals surface area contributed by atoms with E-state index in [1.165, 1.54) is 5.56 Å². The summed E-state index contributed by atoms with van der Waals surface area (Å²) in [5.74, 6) is 0. The maximum atomic E-state index is 12.4. The second-order valence-corrected chi connectivity index (χ2v) is 6.10. The highest BCUT2D eigenvalue weighted by molar-refractivity contribution is 5.74. The van der Waals surface area contributed by atoms with Gasteiger partial charge in [-0.25, -0.2) is 4.79 Å². The molecule has 1 heterocycles. The van der Waals surface area contributed by atoms with Crippen molar-refractivity contribution in [2.45, 2.75) is 33.2 Å². The number of amides is 2. The summed E-state index contributed by atoms with van der Waals surface area (Å²) in [5.41, 5.74) is 2.32. The van der Waals surface area contributed by atoms with Gasteiger partial charge in [-0.1, -0.05) is 31.2 Å². The van der Waals surface area contributed by atoms with Crippen LogP contribution in [0.5, 0.6) is 0 Å². The fourth-order valence-corrected chi connectivity index (χ4v) is 3.17. The summed E-state index contributed by atoms with van der Waals surface area (Å²) in [7, 11) is 0. The lowest BCUT2D eigenvalue weighted by atomic mass is 10.0. The zero-order valence-electron chi connectivity index (χ0n) is 15.0. The number of carbonyl (C=O) groups excluding carboxylic acids is 1. The minimum absolute atomic E-state index is 0.112. The highest BCUT2D eigenvalue weighted by atomic mass is 16.2. The van der Waals surface area contributed by atoms with Crippen LogP contribution in [-0.4, -0.2) is 60.0 Å². The molecule has 2 amide bonds. The molecule has 1 aliphatic rings. The van der Waals surface area contributed by atoms with Gasteiger partial charge >= 0.3 is 6.03 Å². The molecule has 0 radical (unpaired) electrons. The normalized spacial score (nSPS) is 16.5. The summed E-state index contributed by atoms with van der Waals surface area (Å²) in [6.45, 7) is 10.4. The fraction of sp³-hybridized carbons (Fsp3) is 0.579. The van der Waals surface area contributed by atoms with Crippen LogP contribution >= 0.6 is 0 Å². The highest BCUT2D eigenvalue weighted by Crippen LogP contribution is 2.22. The zero-order valence-corrected chi connectivity index (χ0v) is 15.0. The Morgan fingerprint density at radius 2 is 1.71 bits per heavy atom. The Morgan fingerprint density at radius 3 is 2.17 bits per heavy atom.